The average Bonchev–Trinajstić information content (AvgIpc) is 3.23. The first-order chi connectivity index (χ1) is 11.3. The van der Waals surface area contributed by atoms with Crippen LogP contribution in [0, 0.1) is 5.92 Å². The van der Waals surface area contributed by atoms with Gasteiger partial charge in [0, 0.05) is 56.0 Å². The summed E-state index contributed by atoms with van der Waals surface area (Å²) in [6.07, 6.45) is 4.14. The first-order valence-electron chi connectivity index (χ1n) is 8.46. The summed E-state index contributed by atoms with van der Waals surface area (Å²) in [7, 11) is 0. The second kappa shape index (κ2) is 10.9. The SMILES string of the molecule is CCNC(=NCCCSc1nccs1)N1CCC(COCC)C1. The lowest BCUT2D eigenvalue weighted by Gasteiger charge is -2.21. The van der Waals surface area contributed by atoms with Crippen LogP contribution < -0.4 is 5.32 Å². The molecule has 0 spiro atoms. The fourth-order valence-corrected chi connectivity index (χ4v) is 4.19. The van der Waals surface area contributed by atoms with Gasteiger partial charge in [-0.25, -0.2) is 4.98 Å². The van der Waals surface area contributed by atoms with Crippen molar-refractivity contribution in [2.45, 2.75) is 31.0 Å². The number of ether oxygens (including phenoxy) is 1. The molecule has 7 heteroatoms. The first kappa shape index (κ1) is 18.5. The van der Waals surface area contributed by atoms with Crippen molar-refractivity contribution in [3.63, 3.8) is 0 Å². The summed E-state index contributed by atoms with van der Waals surface area (Å²) in [6, 6.07) is 0. The normalized spacial score (nSPS) is 18.6. The molecule has 0 aromatic carbocycles. The third-order valence-electron chi connectivity index (χ3n) is 3.68. The molecule has 0 amide bonds. The van der Waals surface area contributed by atoms with Crippen molar-refractivity contribution >= 4 is 29.1 Å². The van der Waals surface area contributed by atoms with E-state index >= 15 is 0 Å². The summed E-state index contributed by atoms with van der Waals surface area (Å²) in [5, 5.41) is 5.45. The molecule has 2 rings (SSSR count). The largest absolute Gasteiger partial charge is 0.381 e. The minimum Gasteiger partial charge on any atom is -0.381 e. The molecular weight excluding hydrogens is 328 g/mol. The highest BCUT2D eigenvalue weighted by molar-refractivity contribution is 8.00. The molecule has 1 aromatic heterocycles. The van der Waals surface area contributed by atoms with Crippen molar-refractivity contribution in [3.05, 3.63) is 11.6 Å². The van der Waals surface area contributed by atoms with Gasteiger partial charge in [0.1, 0.15) is 4.34 Å². The van der Waals surface area contributed by atoms with Crippen molar-refractivity contribution in [2.24, 2.45) is 10.9 Å². The third kappa shape index (κ3) is 6.69. The second-order valence-electron chi connectivity index (χ2n) is 5.50. The maximum Gasteiger partial charge on any atom is 0.193 e. The molecule has 1 saturated heterocycles. The number of guanidine groups is 1. The Balaban J connectivity index is 1.71. The number of nitrogens with zero attached hydrogens (tertiary/aromatic N) is 3. The standard InChI is InChI=1S/C16H28N4OS2/c1-3-17-15(20-9-6-14(12-20)13-21-4-2)18-7-5-10-22-16-19-8-11-23-16/h8,11,14H,3-7,9-10,12-13H2,1-2H3,(H,17,18). The number of rotatable bonds is 9. The van der Waals surface area contributed by atoms with E-state index in [2.05, 4.69) is 29.0 Å². The van der Waals surface area contributed by atoms with Gasteiger partial charge in [0.05, 0.1) is 6.61 Å². The van der Waals surface area contributed by atoms with Crippen molar-refractivity contribution in [2.75, 3.05) is 45.1 Å². The zero-order chi connectivity index (χ0) is 16.3. The van der Waals surface area contributed by atoms with E-state index in [0.29, 0.717) is 5.92 Å². The predicted molar refractivity (Wildman–Crippen MR) is 99.6 cm³/mol. The number of nitrogens with one attached hydrogen (secondary N) is 1. The van der Waals surface area contributed by atoms with Gasteiger partial charge in [-0.3, -0.25) is 4.99 Å². The Morgan fingerprint density at radius 2 is 2.48 bits per heavy atom. The minimum absolute atomic E-state index is 0.638. The molecule has 1 fully saturated rings. The van der Waals surface area contributed by atoms with Crippen LogP contribution in [0.4, 0.5) is 0 Å². The van der Waals surface area contributed by atoms with Gasteiger partial charge in [-0.1, -0.05) is 11.8 Å². The molecule has 1 atom stereocenters. The molecule has 5 nitrogen and oxygen atoms in total. The zero-order valence-corrected chi connectivity index (χ0v) is 15.8. The number of hydrogen-bond acceptors (Lipinski definition) is 5. The Labute approximate surface area is 147 Å². The van der Waals surface area contributed by atoms with Gasteiger partial charge in [-0.15, -0.1) is 11.3 Å². The van der Waals surface area contributed by atoms with Crippen molar-refractivity contribution in [3.8, 4) is 0 Å². The fraction of sp³-hybridized carbons (Fsp3) is 0.750. The molecule has 130 valence electrons. The molecule has 23 heavy (non-hydrogen) atoms. The molecule has 0 radical (unpaired) electrons. The highest BCUT2D eigenvalue weighted by atomic mass is 32.2. The molecule has 0 aliphatic carbocycles. The number of aliphatic imine (C=N–C) groups is 1. The monoisotopic (exact) mass is 356 g/mol. The van der Waals surface area contributed by atoms with Crippen LogP contribution in [-0.2, 0) is 4.74 Å². The number of thioether (sulfide) groups is 1. The molecule has 1 unspecified atom stereocenters. The Kier molecular flexibility index (Phi) is 8.78. The maximum absolute atomic E-state index is 5.56. The molecule has 1 aliphatic rings. The zero-order valence-electron chi connectivity index (χ0n) is 14.2. The summed E-state index contributed by atoms with van der Waals surface area (Å²) in [4.78, 5) is 11.5. The van der Waals surface area contributed by atoms with Gasteiger partial charge < -0.3 is 15.0 Å². The van der Waals surface area contributed by atoms with E-state index < -0.39 is 0 Å². The van der Waals surface area contributed by atoms with Gasteiger partial charge in [0.25, 0.3) is 0 Å². The van der Waals surface area contributed by atoms with Crippen LogP contribution >= 0.6 is 23.1 Å². The van der Waals surface area contributed by atoms with Crippen molar-refractivity contribution in [1.82, 2.24) is 15.2 Å². The van der Waals surface area contributed by atoms with E-state index in [-0.39, 0.29) is 0 Å². The molecule has 0 bridgehead atoms. The lowest BCUT2D eigenvalue weighted by atomic mass is 10.1. The number of aromatic nitrogens is 1. The van der Waals surface area contributed by atoms with E-state index in [4.69, 9.17) is 9.73 Å². The predicted octanol–water partition coefficient (Wildman–Crippen LogP) is 2.95. The van der Waals surface area contributed by atoms with Gasteiger partial charge in [-0.2, -0.15) is 0 Å². The highest BCUT2D eigenvalue weighted by Crippen LogP contribution is 2.21. The van der Waals surface area contributed by atoms with Crippen LogP contribution in [0.5, 0.6) is 0 Å². The maximum atomic E-state index is 5.56. The number of likely N-dealkylation sites (tertiary alicyclic amines) is 1. The van der Waals surface area contributed by atoms with Crippen LogP contribution in [0.15, 0.2) is 20.9 Å². The summed E-state index contributed by atoms with van der Waals surface area (Å²) in [6.45, 7) is 9.78. The molecule has 1 aromatic rings. The summed E-state index contributed by atoms with van der Waals surface area (Å²) in [5.74, 6) is 2.77. The van der Waals surface area contributed by atoms with Crippen LogP contribution in [0.2, 0.25) is 0 Å². The van der Waals surface area contributed by atoms with Gasteiger partial charge in [0.15, 0.2) is 5.96 Å². The van der Waals surface area contributed by atoms with E-state index in [1.165, 1.54) is 6.42 Å². The van der Waals surface area contributed by atoms with E-state index in [9.17, 15) is 0 Å². The molecule has 0 saturated carbocycles. The summed E-state index contributed by atoms with van der Waals surface area (Å²) >= 11 is 3.53. The average molecular weight is 357 g/mol. The lowest BCUT2D eigenvalue weighted by Crippen LogP contribution is -2.40. The Morgan fingerprint density at radius 3 is 3.22 bits per heavy atom. The molecule has 2 heterocycles. The summed E-state index contributed by atoms with van der Waals surface area (Å²) < 4.78 is 6.71. The quantitative estimate of drug-likeness (QED) is 0.319. The fourth-order valence-electron chi connectivity index (χ4n) is 2.56. The van der Waals surface area contributed by atoms with Crippen LogP contribution in [-0.4, -0.2) is 61.0 Å². The van der Waals surface area contributed by atoms with Crippen molar-refractivity contribution < 1.29 is 4.74 Å². The first-order valence-corrected chi connectivity index (χ1v) is 10.3. The van der Waals surface area contributed by atoms with Gasteiger partial charge in [0.2, 0.25) is 0 Å². The summed E-state index contributed by atoms with van der Waals surface area (Å²) in [5.41, 5.74) is 0. The lowest BCUT2D eigenvalue weighted by molar-refractivity contribution is 0.114. The Bertz CT molecular complexity index is 453. The van der Waals surface area contributed by atoms with E-state index in [0.717, 1.165) is 61.9 Å². The van der Waals surface area contributed by atoms with Gasteiger partial charge >= 0.3 is 0 Å². The van der Waals surface area contributed by atoms with E-state index in [1.807, 2.05) is 23.3 Å². The highest BCUT2D eigenvalue weighted by Gasteiger charge is 2.24. The second-order valence-corrected chi connectivity index (χ2v) is 7.73. The van der Waals surface area contributed by atoms with Crippen LogP contribution in [0.25, 0.3) is 0 Å². The molecule has 1 aliphatic heterocycles. The van der Waals surface area contributed by atoms with E-state index in [1.54, 1.807) is 11.3 Å². The van der Waals surface area contributed by atoms with Gasteiger partial charge in [-0.05, 0) is 26.7 Å². The Hall–Kier alpha value is -0.790. The van der Waals surface area contributed by atoms with Crippen molar-refractivity contribution in [1.29, 1.82) is 0 Å². The Morgan fingerprint density at radius 1 is 1.57 bits per heavy atom. The topological polar surface area (TPSA) is 49.8 Å². The van der Waals surface area contributed by atoms with Crippen LogP contribution in [0.3, 0.4) is 0 Å². The van der Waals surface area contributed by atoms with Crippen LogP contribution in [0.1, 0.15) is 26.7 Å². The molecule has 1 N–H and O–H groups in total. The third-order valence-corrected chi connectivity index (χ3v) is 5.73. The smallest absolute Gasteiger partial charge is 0.193 e. The number of thiazole rings is 1. The molecular formula is C16H28N4OS2. The number of hydrogen-bond donors (Lipinski definition) is 1. The minimum atomic E-state index is 0.638.